The van der Waals surface area contributed by atoms with Gasteiger partial charge in [0.1, 0.15) is 5.69 Å². The minimum atomic E-state index is -0.310. The van der Waals surface area contributed by atoms with Gasteiger partial charge in [-0.15, -0.1) is 24.0 Å². The first-order chi connectivity index (χ1) is 16.5. The molecule has 2 saturated heterocycles. The lowest BCUT2D eigenvalue weighted by Crippen LogP contribution is -2.58. The first-order valence-electron chi connectivity index (χ1n) is 11.3. The highest BCUT2D eigenvalue weighted by Crippen LogP contribution is 2.38. The highest BCUT2D eigenvalue weighted by molar-refractivity contribution is 7.80. The van der Waals surface area contributed by atoms with Crippen molar-refractivity contribution in [1.82, 2.24) is 15.3 Å². The fraction of sp³-hybridized carbons (Fsp3) is 0.360. The standard InChI is InChI=1S/C24H24N6O2S2.CH4/c31-21(19-12-34-23(28-19)30-11-15-1-2-16(33)9-17(15)22(30)32)27-18-10-25-6-3-20(18)29-7-4-24(5-8-29)13-26-14-24;/h1-3,6,9-10,12,26,33H,4-5,7-8,11,13-14H2,(H,27,31);1H4. The van der Waals surface area contributed by atoms with Crippen LogP contribution in [0.2, 0.25) is 0 Å². The molecule has 1 spiro atoms. The van der Waals surface area contributed by atoms with Crippen molar-refractivity contribution in [3.63, 3.8) is 0 Å². The number of piperidine rings is 1. The van der Waals surface area contributed by atoms with Crippen molar-refractivity contribution in [2.45, 2.75) is 31.7 Å². The van der Waals surface area contributed by atoms with Crippen molar-refractivity contribution in [3.05, 3.63) is 58.9 Å². The van der Waals surface area contributed by atoms with Gasteiger partial charge in [0.2, 0.25) is 0 Å². The van der Waals surface area contributed by atoms with Gasteiger partial charge in [-0.05, 0) is 42.0 Å². The van der Waals surface area contributed by atoms with Crippen LogP contribution in [0.4, 0.5) is 16.5 Å². The largest absolute Gasteiger partial charge is 0.370 e. The molecule has 2 aromatic heterocycles. The Morgan fingerprint density at radius 2 is 2.00 bits per heavy atom. The van der Waals surface area contributed by atoms with E-state index in [0.29, 0.717) is 28.3 Å². The molecular formula is C25H28N6O2S2. The number of amides is 2. The smallest absolute Gasteiger partial charge is 0.275 e. The number of hydrogen-bond acceptors (Lipinski definition) is 8. The predicted octanol–water partition coefficient (Wildman–Crippen LogP) is 4.07. The summed E-state index contributed by atoms with van der Waals surface area (Å²) in [6, 6.07) is 7.51. The van der Waals surface area contributed by atoms with Crippen LogP contribution in [-0.2, 0) is 6.54 Å². The summed E-state index contributed by atoms with van der Waals surface area (Å²) < 4.78 is 0. The zero-order valence-electron chi connectivity index (χ0n) is 18.5. The molecule has 0 unspecified atom stereocenters. The second-order valence-corrected chi connectivity index (χ2v) is 10.5. The van der Waals surface area contributed by atoms with Crippen LogP contribution in [0.25, 0.3) is 0 Å². The van der Waals surface area contributed by atoms with Gasteiger partial charge in [0.15, 0.2) is 5.13 Å². The molecule has 6 rings (SSSR count). The zero-order valence-corrected chi connectivity index (χ0v) is 20.2. The number of nitrogens with one attached hydrogen (secondary N) is 2. The Morgan fingerprint density at radius 1 is 1.20 bits per heavy atom. The third kappa shape index (κ3) is 4.30. The molecular weight excluding hydrogens is 480 g/mol. The third-order valence-corrected chi connectivity index (χ3v) is 8.21. The van der Waals surface area contributed by atoms with Crippen LogP contribution >= 0.6 is 24.0 Å². The van der Waals surface area contributed by atoms with Crippen LogP contribution in [0, 0.1) is 5.41 Å². The van der Waals surface area contributed by atoms with Crippen LogP contribution in [0.15, 0.2) is 46.9 Å². The van der Waals surface area contributed by atoms with Crippen LogP contribution in [0.3, 0.4) is 0 Å². The number of nitrogens with zero attached hydrogens (tertiary/aromatic N) is 4. The molecule has 3 aromatic rings. The lowest BCUT2D eigenvalue weighted by Gasteiger charge is -2.49. The number of thiazole rings is 1. The Morgan fingerprint density at radius 3 is 2.74 bits per heavy atom. The second-order valence-electron chi connectivity index (χ2n) is 9.19. The van der Waals surface area contributed by atoms with Gasteiger partial charge in [-0.2, -0.15) is 0 Å². The Kier molecular flexibility index (Phi) is 6.29. The van der Waals surface area contributed by atoms with E-state index in [0.717, 1.165) is 55.2 Å². The number of carbonyl (C=O) groups excluding carboxylic acids is 2. The van der Waals surface area contributed by atoms with E-state index >= 15 is 0 Å². The SMILES string of the molecule is C.O=C(Nc1cnccc1N1CCC2(CC1)CNC2)c1csc(N2Cc3ccc(S)cc3C2=O)n1. The topological polar surface area (TPSA) is 90.5 Å². The Labute approximate surface area is 214 Å². The van der Waals surface area contributed by atoms with Crippen LogP contribution in [0.1, 0.15) is 46.7 Å². The fourth-order valence-electron chi connectivity index (χ4n) is 4.94. The molecule has 0 aliphatic carbocycles. The number of rotatable bonds is 4. The molecule has 5 heterocycles. The van der Waals surface area contributed by atoms with E-state index in [9.17, 15) is 9.59 Å². The molecule has 0 radical (unpaired) electrons. The molecule has 3 aliphatic rings. The number of fused-ring (bicyclic) bond motifs is 1. The Hall–Kier alpha value is -2.95. The first kappa shape index (κ1) is 23.8. The molecule has 3 aliphatic heterocycles. The molecule has 35 heavy (non-hydrogen) atoms. The summed E-state index contributed by atoms with van der Waals surface area (Å²) in [7, 11) is 0. The van der Waals surface area contributed by atoms with Crippen molar-refractivity contribution in [2.75, 3.05) is 41.3 Å². The number of thiol groups is 1. The van der Waals surface area contributed by atoms with E-state index in [1.165, 1.54) is 11.3 Å². The van der Waals surface area contributed by atoms with Crippen molar-refractivity contribution in [2.24, 2.45) is 5.41 Å². The number of benzene rings is 1. The molecule has 2 amide bonds. The van der Waals surface area contributed by atoms with Gasteiger partial charge in [-0.25, -0.2) is 4.98 Å². The highest BCUT2D eigenvalue weighted by atomic mass is 32.1. The van der Waals surface area contributed by atoms with Crippen LogP contribution in [0.5, 0.6) is 0 Å². The van der Waals surface area contributed by atoms with E-state index in [2.05, 4.69) is 38.1 Å². The zero-order chi connectivity index (χ0) is 23.3. The van der Waals surface area contributed by atoms with Gasteiger partial charge in [-0.3, -0.25) is 19.5 Å². The molecule has 2 fully saturated rings. The molecule has 2 N–H and O–H groups in total. The molecule has 10 heteroatoms. The maximum atomic E-state index is 13.0. The summed E-state index contributed by atoms with van der Waals surface area (Å²) in [5.74, 6) is -0.429. The summed E-state index contributed by atoms with van der Waals surface area (Å²) in [5, 5.41) is 8.58. The average Bonchev–Trinajstić information content (AvgIpc) is 3.44. The summed E-state index contributed by atoms with van der Waals surface area (Å²) >= 11 is 5.62. The van der Waals surface area contributed by atoms with Crippen molar-refractivity contribution in [1.29, 1.82) is 0 Å². The number of pyridine rings is 1. The normalized spacial score (nSPS) is 18.1. The van der Waals surface area contributed by atoms with E-state index in [1.54, 1.807) is 28.7 Å². The molecule has 182 valence electrons. The number of aromatic nitrogens is 2. The van der Waals surface area contributed by atoms with Crippen molar-refractivity contribution >= 4 is 52.3 Å². The minimum Gasteiger partial charge on any atom is -0.370 e. The molecule has 0 bridgehead atoms. The summed E-state index contributed by atoms with van der Waals surface area (Å²) in [4.78, 5) is 39.3. The van der Waals surface area contributed by atoms with Gasteiger partial charge in [0.05, 0.1) is 24.1 Å². The van der Waals surface area contributed by atoms with Crippen LogP contribution < -0.4 is 20.4 Å². The monoisotopic (exact) mass is 508 g/mol. The lowest BCUT2D eigenvalue weighted by atomic mass is 9.73. The molecule has 1 aromatic carbocycles. The summed E-state index contributed by atoms with van der Waals surface area (Å²) in [6.07, 6.45) is 5.73. The molecule has 8 nitrogen and oxygen atoms in total. The second kappa shape index (κ2) is 9.25. The highest BCUT2D eigenvalue weighted by Gasteiger charge is 2.40. The fourth-order valence-corrected chi connectivity index (χ4v) is 5.94. The van der Waals surface area contributed by atoms with E-state index in [4.69, 9.17) is 0 Å². The maximum absolute atomic E-state index is 13.0. The number of hydrogen-bond donors (Lipinski definition) is 3. The van der Waals surface area contributed by atoms with Gasteiger partial charge < -0.3 is 15.5 Å². The van der Waals surface area contributed by atoms with Gasteiger partial charge in [0, 0.05) is 48.2 Å². The molecule has 0 saturated carbocycles. The average molecular weight is 509 g/mol. The quantitative estimate of drug-likeness (QED) is 0.461. The van der Waals surface area contributed by atoms with Crippen LogP contribution in [-0.4, -0.2) is 48.0 Å². The van der Waals surface area contributed by atoms with E-state index < -0.39 is 0 Å². The Balaban J connectivity index is 0.00000253. The maximum Gasteiger partial charge on any atom is 0.275 e. The predicted molar refractivity (Wildman–Crippen MR) is 142 cm³/mol. The number of anilines is 3. The lowest BCUT2D eigenvalue weighted by molar-refractivity contribution is 0.0991. The minimum absolute atomic E-state index is 0. The third-order valence-electron chi connectivity index (χ3n) is 7.06. The van der Waals surface area contributed by atoms with Gasteiger partial charge in [-0.1, -0.05) is 13.5 Å². The van der Waals surface area contributed by atoms with Gasteiger partial charge in [0.25, 0.3) is 11.8 Å². The summed E-state index contributed by atoms with van der Waals surface area (Å²) in [6.45, 7) is 4.57. The van der Waals surface area contributed by atoms with Gasteiger partial charge >= 0.3 is 0 Å². The van der Waals surface area contributed by atoms with Crippen molar-refractivity contribution in [3.8, 4) is 0 Å². The molecule has 0 atom stereocenters. The Bertz CT molecular complexity index is 1280. The van der Waals surface area contributed by atoms with Crippen molar-refractivity contribution < 1.29 is 9.59 Å². The van der Waals surface area contributed by atoms with E-state index in [-0.39, 0.29) is 24.9 Å². The first-order valence-corrected chi connectivity index (χ1v) is 12.6. The number of carbonyl (C=O) groups is 2. The van der Waals surface area contributed by atoms with E-state index in [1.807, 2.05) is 18.2 Å². The summed E-state index contributed by atoms with van der Waals surface area (Å²) in [5.41, 5.74) is 3.96.